The number of nitrogens with one attached hydrogen (secondary N) is 1. The molecule has 2 fully saturated rings. The van der Waals surface area contributed by atoms with Crippen molar-refractivity contribution in [3.8, 4) is 0 Å². The molecule has 1 heterocycles. The fourth-order valence-electron chi connectivity index (χ4n) is 4.07. The number of likely N-dealkylation sites (tertiary alicyclic amines) is 1. The number of piperidine rings is 1. The van der Waals surface area contributed by atoms with Crippen molar-refractivity contribution in [2.24, 2.45) is 11.3 Å². The largest absolute Gasteiger partial charge is 0.316 e. The van der Waals surface area contributed by atoms with Crippen LogP contribution in [-0.4, -0.2) is 37.1 Å². The third-order valence-electron chi connectivity index (χ3n) is 5.82. The molecule has 0 amide bonds. The van der Waals surface area contributed by atoms with Gasteiger partial charge in [0.2, 0.25) is 0 Å². The number of hydrogen-bond donors (Lipinski definition) is 1. The summed E-state index contributed by atoms with van der Waals surface area (Å²) in [5.41, 5.74) is 0.764. The summed E-state index contributed by atoms with van der Waals surface area (Å²) in [7, 11) is 0. The fourth-order valence-corrected chi connectivity index (χ4v) is 4.07. The lowest BCUT2D eigenvalue weighted by molar-refractivity contribution is 0.0627. The summed E-state index contributed by atoms with van der Waals surface area (Å²) in [6.45, 7) is 12.1. The van der Waals surface area contributed by atoms with Crippen LogP contribution in [-0.2, 0) is 0 Å². The van der Waals surface area contributed by atoms with Gasteiger partial charge in [-0.25, -0.2) is 0 Å². The monoisotopic (exact) mass is 266 g/mol. The topological polar surface area (TPSA) is 15.3 Å². The Hall–Kier alpha value is -0.0800. The molecule has 2 nitrogen and oxygen atoms in total. The molecule has 2 aliphatic rings. The average Bonchev–Trinajstić information content (AvgIpc) is 2.87. The molecule has 2 unspecified atom stereocenters. The van der Waals surface area contributed by atoms with Gasteiger partial charge in [0.15, 0.2) is 0 Å². The Morgan fingerprint density at radius 3 is 2.26 bits per heavy atom. The van der Waals surface area contributed by atoms with Crippen molar-refractivity contribution >= 4 is 0 Å². The predicted molar refractivity (Wildman–Crippen MR) is 83.5 cm³/mol. The summed E-state index contributed by atoms with van der Waals surface area (Å²) in [6.07, 6.45) is 10.2. The SMILES string of the molecule is CCCNCC(C)C(C)N1CCC2(CCCC2)CC1. The Bertz CT molecular complexity index is 248. The molecule has 0 aromatic carbocycles. The second kappa shape index (κ2) is 7.08. The average molecular weight is 266 g/mol. The Kier molecular flexibility index (Phi) is 5.70. The summed E-state index contributed by atoms with van der Waals surface area (Å²) in [5.74, 6) is 0.768. The standard InChI is InChI=1S/C17H34N2/c1-4-11-18-14-15(2)16(3)19-12-9-17(10-13-19)7-5-6-8-17/h15-16,18H,4-14H2,1-3H3. The van der Waals surface area contributed by atoms with E-state index in [1.54, 1.807) is 0 Å². The quantitative estimate of drug-likeness (QED) is 0.738. The zero-order chi connectivity index (χ0) is 13.7. The molecule has 1 aliphatic heterocycles. The lowest BCUT2D eigenvalue weighted by Gasteiger charge is -2.43. The van der Waals surface area contributed by atoms with Crippen molar-refractivity contribution < 1.29 is 0 Å². The first-order chi connectivity index (χ1) is 9.17. The van der Waals surface area contributed by atoms with Gasteiger partial charge in [0.25, 0.3) is 0 Å². The Morgan fingerprint density at radius 1 is 1.05 bits per heavy atom. The maximum atomic E-state index is 3.58. The van der Waals surface area contributed by atoms with Crippen molar-refractivity contribution in [3.05, 3.63) is 0 Å². The van der Waals surface area contributed by atoms with Crippen LogP contribution in [0.3, 0.4) is 0 Å². The molecule has 1 spiro atoms. The van der Waals surface area contributed by atoms with E-state index in [4.69, 9.17) is 0 Å². The van der Waals surface area contributed by atoms with Crippen molar-refractivity contribution in [1.82, 2.24) is 10.2 Å². The van der Waals surface area contributed by atoms with Gasteiger partial charge in [-0.3, -0.25) is 0 Å². The van der Waals surface area contributed by atoms with Gasteiger partial charge in [-0.05, 0) is 76.5 Å². The van der Waals surface area contributed by atoms with E-state index in [1.165, 1.54) is 71.1 Å². The fraction of sp³-hybridized carbons (Fsp3) is 1.00. The molecule has 2 heteroatoms. The first kappa shape index (κ1) is 15.3. The number of rotatable bonds is 6. The third kappa shape index (κ3) is 3.95. The predicted octanol–water partition coefficient (Wildman–Crippen LogP) is 3.67. The molecule has 0 radical (unpaired) electrons. The molecule has 1 aliphatic carbocycles. The summed E-state index contributed by atoms with van der Waals surface area (Å²) in [4.78, 5) is 2.75. The van der Waals surface area contributed by atoms with Crippen LogP contribution in [0.25, 0.3) is 0 Å². The van der Waals surface area contributed by atoms with Crippen molar-refractivity contribution in [2.75, 3.05) is 26.2 Å². The summed E-state index contributed by atoms with van der Waals surface area (Å²) in [5, 5.41) is 3.58. The molecule has 1 saturated heterocycles. The maximum Gasteiger partial charge on any atom is 0.0105 e. The molecule has 0 aromatic rings. The minimum Gasteiger partial charge on any atom is -0.316 e. The second-order valence-electron chi connectivity index (χ2n) is 7.17. The highest BCUT2D eigenvalue weighted by molar-refractivity contribution is 4.91. The molecule has 0 aromatic heterocycles. The van der Waals surface area contributed by atoms with E-state index in [2.05, 4.69) is 31.0 Å². The smallest absolute Gasteiger partial charge is 0.0105 e. The molecule has 2 atom stereocenters. The molecule has 1 saturated carbocycles. The van der Waals surface area contributed by atoms with E-state index in [0.29, 0.717) is 0 Å². The van der Waals surface area contributed by atoms with E-state index in [0.717, 1.165) is 17.4 Å². The van der Waals surface area contributed by atoms with E-state index in [-0.39, 0.29) is 0 Å². The van der Waals surface area contributed by atoms with Crippen LogP contribution in [0.4, 0.5) is 0 Å². The maximum absolute atomic E-state index is 3.58. The lowest BCUT2D eigenvalue weighted by atomic mass is 9.76. The molecular formula is C17H34N2. The van der Waals surface area contributed by atoms with Crippen molar-refractivity contribution in [3.63, 3.8) is 0 Å². The van der Waals surface area contributed by atoms with Gasteiger partial charge in [0.1, 0.15) is 0 Å². The Labute approximate surface area is 120 Å². The Balaban J connectivity index is 1.73. The molecule has 1 N–H and O–H groups in total. The number of nitrogens with zero attached hydrogens (tertiary/aromatic N) is 1. The van der Waals surface area contributed by atoms with Crippen LogP contribution in [0.1, 0.15) is 65.7 Å². The Morgan fingerprint density at radius 2 is 1.68 bits per heavy atom. The first-order valence-electron chi connectivity index (χ1n) is 8.62. The van der Waals surface area contributed by atoms with Crippen LogP contribution in [0.15, 0.2) is 0 Å². The zero-order valence-corrected chi connectivity index (χ0v) is 13.4. The molecule has 2 rings (SSSR count). The molecule has 112 valence electrons. The van der Waals surface area contributed by atoms with Crippen LogP contribution >= 0.6 is 0 Å². The van der Waals surface area contributed by atoms with Gasteiger partial charge in [-0.2, -0.15) is 0 Å². The van der Waals surface area contributed by atoms with Gasteiger partial charge in [0.05, 0.1) is 0 Å². The summed E-state index contributed by atoms with van der Waals surface area (Å²) in [6, 6.07) is 0.739. The highest BCUT2D eigenvalue weighted by Gasteiger charge is 2.38. The molecular weight excluding hydrogens is 232 g/mol. The van der Waals surface area contributed by atoms with Crippen LogP contribution in [0.5, 0.6) is 0 Å². The van der Waals surface area contributed by atoms with Crippen LogP contribution in [0, 0.1) is 11.3 Å². The number of hydrogen-bond acceptors (Lipinski definition) is 2. The first-order valence-corrected chi connectivity index (χ1v) is 8.62. The van der Waals surface area contributed by atoms with E-state index in [9.17, 15) is 0 Å². The minimum atomic E-state index is 0.739. The lowest BCUT2D eigenvalue weighted by Crippen LogP contribution is -2.47. The van der Waals surface area contributed by atoms with Gasteiger partial charge in [-0.1, -0.05) is 26.7 Å². The summed E-state index contributed by atoms with van der Waals surface area (Å²) >= 11 is 0. The van der Waals surface area contributed by atoms with Crippen molar-refractivity contribution in [2.45, 2.75) is 71.8 Å². The van der Waals surface area contributed by atoms with E-state index < -0.39 is 0 Å². The van der Waals surface area contributed by atoms with Gasteiger partial charge < -0.3 is 10.2 Å². The van der Waals surface area contributed by atoms with Crippen molar-refractivity contribution in [1.29, 1.82) is 0 Å². The molecule has 19 heavy (non-hydrogen) atoms. The van der Waals surface area contributed by atoms with E-state index in [1.807, 2.05) is 0 Å². The van der Waals surface area contributed by atoms with Crippen LogP contribution < -0.4 is 5.32 Å². The zero-order valence-electron chi connectivity index (χ0n) is 13.4. The van der Waals surface area contributed by atoms with Crippen LogP contribution in [0.2, 0.25) is 0 Å². The normalized spacial score (nSPS) is 26.7. The molecule has 0 bridgehead atoms. The minimum absolute atomic E-state index is 0.739. The summed E-state index contributed by atoms with van der Waals surface area (Å²) < 4.78 is 0. The van der Waals surface area contributed by atoms with E-state index >= 15 is 0 Å². The third-order valence-corrected chi connectivity index (χ3v) is 5.82. The van der Waals surface area contributed by atoms with Gasteiger partial charge >= 0.3 is 0 Å². The van der Waals surface area contributed by atoms with Gasteiger partial charge in [-0.15, -0.1) is 0 Å². The highest BCUT2D eigenvalue weighted by Crippen LogP contribution is 2.46. The van der Waals surface area contributed by atoms with Gasteiger partial charge in [0, 0.05) is 6.04 Å². The highest BCUT2D eigenvalue weighted by atomic mass is 15.2. The second-order valence-corrected chi connectivity index (χ2v) is 7.17.